The average molecular weight is 288 g/mol. The van der Waals surface area contributed by atoms with Crippen LogP contribution in [0.5, 0.6) is 0 Å². The largest absolute Gasteiger partial charge is 0.756 e. The molecule has 18 heavy (non-hydrogen) atoms. The van der Waals surface area contributed by atoms with Gasteiger partial charge < -0.3 is 14.3 Å². The fourth-order valence-electron chi connectivity index (χ4n) is 0.963. The number of phosphoric acid groups is 1. The van der Waals surface area contributed by atoms with Gasteiger partial charge in [0.2, 0.25) is 0 Å². The molecule has 104 valence electrons. The van der Waals surface area contributed by atoms with Gasteiger partial charge in [-0.3, -0.25) is 34.9 Å². The number of rotatable bonds is 8. The molecule has 0 heterocycles. The molecular weight excluding hydrogens is 281 g/mol. The summed E-state index contributed by atoms with van der Waals surface area (Å²) in [6.07, 6.45) is -1.88. The van der Waals surface area contributed by atoms with Gasteiger partial charge in [0.15, 0.2) is 21.2 Å². The molecule has 14 heteroatoms. The highest BCUT2D eigenvalue weighted by molar-refractivity contribution is 7.44. The van der Waals surface area contributed by atoms with Crippen molar-refractivity contribution in [2.75, 3.05) is 6.61 Å². The third-order valence-electron chi connectivity index (χ3n) is 1.79. The Balaban J connectivity index is 4.74. The van der Waals surface area contributed by atoms with E-state index in [4.69, 9.17) is 4.89 Å². The summed E-state index contributed by atoms with van der Waals surface area (Å²) in [5.41, 5.74) is 0. The molecule has 0 aliphatic heterocycles. The first-order chi connectivity index (χ1) is 8.04. The maximum absolute atomic E-state index is 10.4. The molecule has 0 aromatic carbocycles. The minimum atomic E-state index is -5.08. The molecule has 13 nitrogen and oxygen atoms in total. The van der Waals surface area contributed by atoms with Crippen LogP contribution in [0.15, 0.2) is 0 Å². The van der Waals surface area contributed by atoms with Crippen molar-refractivity contribution in [3.05, 3.63) is 30.3 Å². The van der Waals surface area contributed by atoms with Crippen molar-refractivity contribution in [3.63, 3.8) is 0 Å². The summed E-state index contributed by atoms with van der Waals surface area (Å²) in [6, 6.07) is 0. The van der Waals surface area contributed by atoms with E-state index in [-0.39, 0.29) is 0 Å². The van der Waals surface area contributed by atoms with Crippen molar-refractivity contribution in [1.82, 2.24) is 0 Å². The van der Waals surface area contributed by atoms with Gasteiger partial charge >= 0.3 is 5.79 Å². The number of nitrogens with zero attached hydrogens (tertiary/aromatic N) is 3. The maximum atomic E-state index is 10.4. The monoisotopic (exact) mass is 288 g/mol. The van der Waals surface area contributed by atoms with E-state index in [1.165, 1.54) is 0 Å². The molecule has 1 N–H and O–H groups in total. The number of phosphoric ester groups is 1. The van der Waals surface area contributed by atoms with Gasteiger partial charge in [-0.05, 0) is 6.42 Å². The van der Waals surface area contributed by atoms with E-state index in [1.807, 2.05) is 0 Å². The zero-order chi connectivity index (χ0) is 14.6. The van der Waals surface area contributed by atoms with Gasteiger partial charge in [0.05, 0.1) is 6.61 Å². The maximum Gasteiger partial charge on any atom is 0.699 e. The fraction of sp³-hybridized carbons (Fsp3) is 1.00. The van der Waals surface area contributed by atoms with Crippen LogP contribution in [-0.4, -0.2) is 32.1 Å². The van der Waals surface area contributed by atoms with Crippen molar-refractivity contribution in [2.45, 2.75) is 18.6 Å². The first-order valence-corrected chi connectivity index (χ1v) is 5.65. The Hall–Kier alpha value is -1.69. The third-order valence-corrected chi connectivity index (χ3v) is 2.30. The van der Waals surface area contributed by atoms with E-state index in [2.05, 4.69) is 4.52 Å². The van der Waals surface area contributed by atoms with Crippen molar-refractivity contribution in [3.8, 4) is 0 Å². The van der Waals surface area contributed by atoms with E-state index in [0.717, 1.165) is 0 Å². The van der Waals surface area contributed by atoms with Crippen LogP contribution in [0.2, 0.25) is 0 Å². The molecule has 0 fully saturated rings. The lowest BCUT2D eigenvalue weighted by Gasteiger charge is -2.15. The van der Waals surface area contributed by atoms with Crippen LogP contribution in [-0.2, 0) is 9.09 Å². The number of hydrogen-bond acceptors (Lipinski definition) is 9. The summed E-state index contributed by atoms with van der Waals surface area (Å²) in [4.78, 5) is 44.4. The Kier molecular flexibility index (Phi) is 5.23. The molecule has 0 saturated heterocycles. The summed E-state index contributed by atoms with van der Waals surface area (Å²) in [7, 11) is -5.08. The molecule has 0 saturated carbocycles. The average Bonchev–Trinajstić information content (AvgIpc) is 2.13. The van der Waals surface area contributed by atoms with Gasteiger partial charge in [0, 0.05) is 0 Å². The molecule has 0 aliphatic carbocycles. The van der Waals surface area contributed by atoms with Crippen LogP contribution < -0.4 is 4.89 Å². The summed E-state index contributed by atoms with van der Waals surface area (Å²) in [5, 5.41) is 31.2. The lowest BCUT2D eigenvalue weighted by Crippen LogP contribution is -2.53. The summed E-state index contributed by atoms with van der Waals surface area (Å²) in [5.74, 6) is -3.66. The van der Waals surface area contributed by atoms with Crippen LogP contribution in [0.3, 0.4) is 0 Å². The van der Waals surface area contributed by atoms with E-state index in [0.29, 0.717) is 0 Å². The fourth-order valence-corrected chi connectivity index (χ4v) is 1.32. The van der Waals surface area contributed by atoms with Gasteiger partial charge in [0.1, 0.15) is 0 Å². The molecule has 1 unspecified atom stereocenters. The van der Waals surface area contributed by atoms with Crippen LogP contribution in [0.25, 0.3) is 0 Å². The van der Waals surface area contributed by atoms with Gasteiger partial charge in [0.25, 0.3) is 7.82 Å². The molecule has 0 amide bonds. The smallest absolute Gasteiger partial charge is 0.699 e. The first-order valence-electron chi connectivity index (χ1n) is 4.16. The summed E-state index contributed by atoms with van der Waals surface area (Å²) >= 11 is 0. The van der Waals surface area contributed by atoms with Crippen molar-refractivity contribution >= 4 is 7.82 Å². The third kappa shape index (κ3) is 3.96. The van der Waals surface area contributed by atoms with E-state index in [1.54, 1.807) is 0 Å². The van der Waals surface area contributed by atoms with Gasteiger partial charge in [-0.25, -0.2) is 0 Å². The molecule has 0 spiro atoms. The lowest BCUT2D eigenvalue weighted by atomic mass is 10.2. The van der Waals surface area contributed by atoms with Crippen molar-refractivity contribution in [1.29, 1.82) is 0 Å². The molecule has 0 aromatic rings. The molecular formula is C4H7N3O10P-. The van der Waals surface area contributed by atoms with Gasteiger partial charge in [-0.15, -0.1) is 0 Å². The highest BCUT2D eigenvalue weighted by Gasteiger charge is 2.69. The van der Waals surface area contributed by atoms with Crippen LogP contribution in [0.4, 0.5) is 0 Å². The zero-order valence-electron chi connectivity index (χ0n) is 8.53. The SMILES string of the molecule is O=[N+]([O-])C(CCCOP(=O)([O-])O)([N+](=O)[O-])[N+](=O)[O-]. The van der Waals surface area contributed by atoms with Crippen LogP contribution in [0.1, 0.15) is 12.8 Å². The topological polar surface area (TPSA) is 199 Å². The van der Waals surface area contributed by atoms with Crippen molar-refractivity contribution in [2.24, 2.45) is 0 Å². The molecule has 0 rings (SSSR count). The Morgan fingerprint density at radius 2 is 1.50 bits per heavy atom. The second-order valence-corrected chi connectivity index (χ2v) is 4.15. The molecule has 0 radical (unpaired) electrons. The first kappa shape index (κ1) is 16.3. The second-order valence-electron chi connectivity index (χ2n) is 2.95. The standard InChI is InChI=1S/C4H8N3O10P/c8-5(9)4(6(10)11,7(12)13)2-1-3-17-18(14,15)16/h1-3H2,(H2,14,15,16)/p-1. The number of hydrogen-bond donors (Lipinski definition) is 1. The predicted molar refractivity (Wildman–Crippen MR) is 48.7 cm³/mol. The van der Waals surface area contributed by atoms with Crippen molar-refractivity contribution < 1.29 is 33.6 Å². The lowest BCUT2D eigenvalue weighted by molar-refractivity contribution is -0.970. The molecule has 0 aliphatic rings. The predicted octanol–water partition coefficient (Wildman–Crippen LogP) is -1.27. The molecule has 1 atom stereocenters. The Morgan fingerprint density at radius 1 is 1.11 bits per heavy atom. The van der Waals surface area contributed by atoms with E-state index < -0.39 is 47.8 Å². The highest BCUT2D eigenvalue weighted by Crippen LogP contribution is 2.31. The van der Waals surface area contributed by atoms with Crippen LogP contribution in [0, 0.1) is 30.3 Å². The minimum absolute atomic E-state index is 0.685. The quantitative estimate of drug-likeness (QED) is 0.184. The van der Waals surface area contributed by atoms with Crippen LogP contribution >= 0.6 is 7.82 Å². The minimum Gasteiger partial charge on any atom is -0.756 e. The normalized spacial score (nSPS) is 14.8. The van der Waals surface area contributed by atoms with Gasteiger partial charge in [-0.2, -0.15) is 0 Å². The zero-order valence-corrected chi connectivity index (χ0v) is 9.43. The van der Waals surface area contributed by atoms with Gasteiger partial charge in [-0.1, -0.05) is 0 Å². The summed E-state index contributed by atoms with van der Waals surface area (Å²) in [6.45, 7) is -0.853. The Morgan fingerprint density at radius 3 is 1.78 bits per heavy atom. The molecule has 0 aromatic heterocycles. The Labute approximate surface area is 98.0 Å². The highest BCUT2D eigenvalue weighted by atomic mass is 31.2. The summed E-state index contributed by atoms with van der Waals surface area (Å²) < 4.78 is 13.9. The second kappa shape index (κ2) is 5.77. The Bertz CT molecular complexity index is 366. The molecule has 0 bridgehead atoms. The van der Waals surface area contributed by atoms with E-state index >= 15 is 0 Å². The number of nitro groups is 3. The van der Waals surface area contributed by atoms with E-state index in [9.17, 15) is 39.8 Å².